The minimum atomic E-state index is -0.366. The second kappa shape index (κ2) is 36.4. The number of amides is 1. The van der Waals surface area contributed by atoms with Crippen LogP contribution < -0.4 is 0 Å². The van der Waals surface area contributed by atoms with Crippen LogP contribution in [-0.4, -0.2) is 196 Å². The molecule has 2 aromatic carbocycles. The van der Waals surface area contributed by atoms with Crippen molar-refractivity contribution >= 4 is 6.09 Å². The van der Waals surface area contributed by atoms with Gasteiger partial charge >= 0.3 is 6.09 Å². The van der Waals surface area contributed by atoms with Crippen LogP contribution in [-0.2, 0) is 66.3 Å². The molecule has 16 heteroatoms. The zero-order chi connectivity index (χ0) is 42.4. The van der Waals surface area contributed by atoms with Gasteiger partial charge in [0.15, 0.2) is 0 Å². The van der Waals surface area contributed by atoms with E-state index in [1.54, 1.807) is 7.05 Å². The number of rotatable bonds is 42. The van der Waals surface area contributed by atoms with Gasteiger partial charge in [0, 0.05) is 19.5 Å². The Balaban J connectivity index is 0.940. The molecule has 0 radical (unpaired) electrons. The van der Waals surface area contributed by atoms with Gasteiger partial charge in [-0.15, -0.1) is 0 Å². The lowest BCUT2D eigenvalue weighted by molar-refractivity contribution is -0.0287. The van der Waals surface area contributed by atoms with Gasteiger partial charge in [0.05, 0.1) is 165 Å². The average molecular weight is 852 g/mol. The van der Waals surface area contributed by atoms with E-state index in [2.05, 4.69) is 30.8 Å². The summed E-state index contributed by atoms with van der Waals surface area (Å²) in [6.45, 7) is 16.3. The van der Waals surface area contributed by atoms with E-state index in [0.717, 1.165) is 0 Å². The number of ether oxygens (including phenoxy) is 14. The highest BCUT2D eigenvalue weighted by Crippen LogP contribution is 2.44. The SMILES string of the molecule is C=COCCOCCOCCOCCOCCOCCOCCOCCOCCOCCOCCOCCOCCN(C)C(=O)OCC1c2ccccc2-c2ccccc21. The summed E-state index contributed by atoms with van der Waals surface area (Å²) in [6.07, 6.45) is 1.03. The van der Waals surface area contributed by atoms with Crippen LogP contribution in [0.5, 0.6) is 0 Å². The average Bonchev–Trinajstić information content (AvgIpc) is 3.59. The van der Waals surface area contributed by atoms with E-state index in [9.17, 15) is 4.79 Å². The molecule has 0 aliphatic heterocycles. The molecule has 0 saturated carbocycles. The highest BCUT2D eigenvalue weighted by molar-refractivity contribution is 5.79. The maximum atomic E-state index is 12.6. The molecule has 0 fully saturated rings. The van der Waals surface area contributed by atoms with Crippen molar-refractivity contribution in [3.63, 3.8) is 0 Å². The fraction of sp³-hybridized carbons (Fsp3) is 0.659. The normalized spacial score (nSPS) is 12.1. The van der Waals surface area contributed by atoms with E-state index in [4.69, 9.17) is 66.3 Å². The highest BCUT2D eigenvalue weighted by Gasteiger charge is 2.29. The summed E-state index contributed by atoms with van der Waals surface area (Å²) >= 11 is 0. The summed E-state index contributed by atoms with van der Waals surface area (Å²) in [7, 11) is 1.71. The lowest BCUT2D eigenvalue weighted by Crippen LogP contribution is -2.32. The Morgan fingerprint density at radius 1 is 0.467 bits per heavy atom. The second-order valence-corrected chi connectivity index (χ2v) is 13.1. The largest absolute Gasteiger partial charge is 0.499 e. The van der Waals surface area contributed by atoms with Gasteiger partial charge in [-0.05, 0) is 22.3 Å². The van der Waals surface area contributed by atoms with Crippen molar-refractivity contribution < 1.29 is 71.1 Å². The van der Waals surface area contributed by atoms with Crippen LogP contribution in [0.2, 0.25) is 0 Å². The van der Waals surface area contributed by atoms with Crippen LogP contribution in [0.1, 0.15) is 17.0 Å². The molecule has 60 heavy (non-hydrogen) atoms. The zero-order valence-electron chi connectivity index (χ0n) is 35.6. The molecule has 1 aliphatic carbocycles. The maximum Gasteiger partial charge on any atom is 0.409 e. The van der Waals surface area contributed by atoms with Crippen molar-refractivity contribution in [3.8, 4) is 11.1 Å². The zero-order valence-corrected chi connectivity index (χ0v) is 35.6. The standard InChI is InChI=1S/C44H69NO15/c1-3-47-14-15-49-18-19-51-22-23-53-26-27-55-30-31-57-34-35-59-37-36-58-33-32-56-29-28-54-25-24-52-21-20-50-17-16-48-13-12-45(2)44(46)60-38-43-41-10-6-4-8-39(41)40-9-5-7-11-42(40)43/h3-11,43H,1,12-38H2,2H3. The van der Waals surface area contributed by atoms with Crippen LogP contribution in [0.15, 0.2) is 61.4 Å². The molecule has 3 rings (SSSR count). The van der Waals surface area contributed by atoms with Gasteiger partial charge in [0.1, 0.15) is 13.2 Å². The topological polar surface area (TPSA) is 150 Å². The van der Waals surface area contributed by atoms with Gasteiger partial charge in [-0.25, -0.2) is 4.79 Å². The van der Waals surface area contributed by atoms with E-state index in [0.29, 0.717) is 178 Å². The molecule has 0 heterocycles. The highest BCUT2D eigenvalue weighted by atomic mass is 16.6. The number of hydrogen-bond acceptors (Lipinski definition) is 15. The summed E-state index contributed by atoms with van der Waals surface area (Å²) < 4.78 is 76.5. The lowest BCUT2D eigenvalue weighted by atomic mass is 9.98. The lowest BCUT2D eigenvalue weighted by Gasteiger charge is -2.19. The Kier molecular flexibility index (Phi) is 31.0. The smallest absolute Gasteiger partial charge is 0.409 e. The molecule has 2 aromatic rings. The number of hydrogen-bond donors (Lipinski definition) is 0. The molecule has 0 unspecified atom stereocenters. The van der Waals surface area contributed by atoms with E-state index in [1.165, 1.54) is 33.4 Å². The first-order valence-corrected chi connectivity index (χ1v) is 20.9. The molecule has 0 saturated heterocycles. The molecule has 0 bridgehead atoms. The van der Waals surface area contributed by atoms with Crippen molar-refractivity contribution in [3.05, 3.63) is 72.5 Å². The third-order valence-electron chi connectivity index (χ3n) is 8.77. The number of nitrogens with zero attached hydrogens (tertiary/aromatic N) is 1. The van der Waals surface area contributed by atoms with Crippen LogP contribution in [0.25, 0.3) is 11.1 Å². The van der Waals surface area contributed by atoms with E-state index in [-0.39, 0.29) is 12.0 Å². The van der Waals surface area contributed by atoms with Crippen molar-refractivity contribution in [2.45, 2.75) is 5.92 Å². The predicted octanol–water partition coefficient (Wildman–Crippen LogP) is 4.23. The van der Waals surface area contributed by atoms with E-state index < -0.39 is 0 Å². The van der Waals surface area contributed by atoms with Gasteiger partial charge < -0.3 is 71.2 Å². The third-order valence-corrected chi connectivity index (χ3v) is 8.77. The summed E-state index contributed by atoms with van der Waals surface area (Å²) in [4.78, 5) is 14.2. The van der Waals surface area contributed by atoms with Crippen molar-refractivity contribution in [1.82, 2.24) is 4.90 Å². The Morgan fingerprint density at radius 3 is 1.07 bits per heavy atom. The minimum absolute atomic E-state index is 0.0355. The third kappa shape index (κ3) is 24.3. The van der Waals surface area contributed by atoms with Crippen molar-refractivity contribution in [2.24, 2.45) is 0 Å². The Bertz CT molecular complexity index is 1290. The second-order valence-electron chi connectivity index (χ2n) is 13.1. The number of carbonyl (C=O) groups excluding carboxylic acids is 1. The fourth-order valence-electron chi connectivity index (χ4n) is 5.71. The molecule has 340 valence electrons. The molecule has 0 spiro atoms. The summed E-state index contributed by atoms with van der Waals surface area (Å²) in [6, 6.07) is 16.6. The fourth-order valence-corrected chi connectivity index (χ4v) is 5.71. The number of carbonyl (C=O) groups is 1. The summed E-state index contributed by atoms with van der Waals surface area (Å²) in [5.41, 5.74) is 4.79. The molecule has 1 amide bonds. The van der Waals surface area contributed by atoms with Gasteiger partial charge in [-0.2, -0.15) is 0 Å². The van der Waals surface area contributed by atoms with Crippen LogP contribution in [0.4, 0.5) is 4.79 Å². The van der Waals surface area contributed by atoms with Gasteiger partial charge in [0.2, 0.25) is 0 Å². The Hall–Kier alpha value is -3.23. The molecule has 0 aromatic heterocycles. The monoisotopic (exact) mass is 851 g/mol. The number of benzene rings is 2. The minimum Gasteiger partial charge on any atom is -0.499 e. The van der Waals surface area contributed by atoms with E-state index >= 15 is 0 Å². The first-order valence-electron chi connectivity index (χ1n) is 20.9. The Morgan fingerprint density at radius 2 is 0.750 bits per heavy atom. The predicted molar refractivity (Wildman–Crippen MR) is 224 cm³/mol. The van der Waals surface area contributed by atoms with Crippen LogP contribution >= 0.6 is 0 Å². The summed E-state index contributed by atoms with van der Waals surface area (Å²) in [5, 5.41) is 0. The first kappa shape index (κ1) is 51.1. The van der Waals surface area contributed by atoms with Gasteiger partial charge in [-0.3, -0.25) is 0 Å². The molecule has 1 aliphatic rings. The quantitative estimate of drug-likeness (QED) is 0.0693. The van der Waals surface area contributed by atoms with Crippen LogP contribution in [0, 0.1) is 0 Å². The molecular weight excluding hydrogens is 782 g/mol. The first-order chi connectivity index (χ1) is 29.7. The molecule has 16 nitrogen and oxygen atoms in total. The summed E-state index contributed by atoms with van der Waals surface area (Å²) in [5.74, 6) is 0.0355. The maximum absolute atomic E-state index is 12.6. The number of likely N-dealkylation sites (N-methyl/N-ethyl adjacent to an activating group) is 1. The molecular formula is C44H69NO15. The van der Waals surface area contributed by atoms with Gasteiger partial charge in [-0.1, -0.05) is 55.1 Å². The van der Waals surface area contributed by atoms with E-state index in [1.807, 2.05) is 24.3 Å². The van der Waals surface area contributed by atoms with Gasteiger partial charge in [0.25, 0.3) is 0 Å². The van der Waals surface area contributed by atoms with Crippen molar-refractivity contribution in [2.75, 3.05) is 185 Å². The van der Waals surface area contributed by atoms with Crippen molar-refractivity contribution in [1.29, 1.82) is 0 Å². The number of fused-ring (bicyclic) bond motifs is 3. The Labute approximate surface area is 356 Å². The molecule has 0 atom stereocenters. The molecule has 0 N–H and O–H groups in total. The van der Waals surface area contributed by atoms with Crippen LogP contribution in [0.3, 0.4) is 0 Å².